The van der Waals surface area contributed by atoms with Crippen molar-refractivity contribution in [3.63, 3.8) is 0 Å². The Balaban J connectivity index is -0.0000000233. The van der Waals surface area contributed by atoms with Crippen LogP contribution in [0.2, 0.25) is 0 Å². The Morgan fingerprint density at radius 3 is 1.56 bits per heavy atom. The van der Waals surface area contributed by atoms with Crippen LogP contribution in [0, 0.1) is 0 Å². The Hall–Kier alpha value is -0.300. The van der Waals surface area contributed by atoms with E-state index in [1.807, 2.05) is 0 Å². The van der Waals surface area contributed by atoms with Crippen molar-refractivity contribution in [2.75, 3.05) is 0 Å². The summed E-state index contributed by atoms with van der Waals surface area (Å²) < 4.78 is 0. The van der Waals surface area contributed by atoms with Crippen molar-refractivity contribution in [1.29, 1.82) is 0 Å². The minimum atomic E-state index is -2.08. The van der Waals surface area contributed by atoms with Crippen LogP contribution in [0.5, 0.6) is 0 Å². The summed E-state index contributed by atoms with van der Waals surface area (Å²) in [7, 11) is 0. The summed E-state index contributed by atoms with van der Waals surface area (Å²) in [5, 5.41) is 22.2. The minimum absolute atomic E-state index is 0. The van der Waals surface area contributed by atoms with E-state index >= 15 is 0 Å². The first-order chi connectivity index (χ1) is 3.15. The summed E-state index contributed by atoms with van der Waals surface area (Å²) in [5.41, 5.74) is 0. The zero-order valence-corrected chi connectivity index (χ0v) is 6.90. The second-order valence-electron chi connectivity index (χ2n) is 0.371. The number of rotatable bonds is 0. The van der Waals surface area contributed by atoms with Crippen molar-refractivity contribution in [2.24, 2.45) is 0 Å². The Bertz CT molecular complexity index is 62.0. The van der Waals surface area contributed by atoms with Crippen molar-refractivity contribution in [2.45, 2.75) is 0 Å². The molecule has 0 unspecified atom stereocenters. The maximum atomic E-state index is 8.44. The van der Waals surface area contributed by atoms with E-state index in [4.69, 9.17) is 24.9 Å². The third-order valence-corrected chi connectivity index (χ3v) is 0. The quantitative estimate of drug-likeness (QED) is 0.235. The van der Waals surface area contributed by atoms with E-state index in [0.29, 0.717) is 0 Å². The normalized spacial score (nSPS) is 4.00. The number of carbonyl (C=O) groups is 2. The summed E-state index contributed by atoms with van der Waals surface area (Å²) >= 11 is 0. The van der Waals surface area contributed by atoms with Crippen LogP contribution in [-0.2, 0) is 4.79 Å². The largest absolute Gasteiger partial charge is 1.00 e. The molecule has 6 nitrogen and oxygen atoms in total. The number of hydrogen-bond acceptors (Lipinski definition) is 4. The molecule has 0 aliphatic heterocycles. The summed E-state index contributed by atoms with van der Waals surface area (Å²) in [4.78, 5) is 16.8. The molecule has 0 rings (SSSR count). The molecular weight excluding hydrogens is 141 g/mol. The molecule has 0 fully saturated rings. The molecule has 0 spiro atoms. The van der Waals surface area contributed by atoms with E-state index in [1.54, 1.807) is 0 Å². The summed E-state index contributed by atoms with van der Waals surface area (Å²) in [6, 6.07) is 0. The van der Waals surface area contributed by atoms with E-state index in [2.05, 4.69) is 0 Å². The molecule has 0 aromatic heterocycles. The van der Waals surface area contributed by atoms with Crippen molar-refractivity contribution in [3.05, 3.63) is 0 Å². The molecule has 0 bridgehead atoms. The van der Waals surface area contributed by atoms with Gasteiger partial charge in [-0.3, -0.25) is 4.79 Å². The molecule has 0 heterocycles. The molecule has 0 aliphatic rings. The van der Waals surface area contributed by atoms with Gasteiger partial charge in [-0.25, -0.2) is 0 Å². The van der Waals surface area contributed by atoms with Crippen LogP contribution >= 0.6 is 0 Å². The predicted octanol–water partition coefficient (Wildman–Crippen LogP) is -4.25. The Kier molecular flexibility index (Phi) is 65.5. The monoisotopic (exact) mass is 147 g/mol. The van der Waals surface area contributed by atoms with Gasteiger partial charge in [0.15, 0.2) is 0 Å². The molecule has 5 N–H and O–H groups in total. The Labute approximate surface area is 73.4 Å². The fourth-order valence-corrected chi connectivity index (χ4v) is 0. The molecule has 7 heteroatoms. The molecule has 0 aromatic rings. The predicted molar refractivity (Wildman–Crippen MR) is 21.7 cm³/mol. The fourth-order valence-electron chi connectivity index (χ4n) is 0. The summed E-state index contributed by atoms with van der Waals surface area (Å²) in [6.45, 7) is -0.250. The minimum Gasteiger partial charge on any atom is -0.565 e. The van der Waals surface area contributed by atoms with Crippen LogP contribution in [-0.4, -0.2) is 22.8 Å². The molecule has 0 atom stereocenters. The first-order valence-electron chi connectivity index (χ1n) is 1.13. The van der Waals surface area contributed by atoms with Gasteiger partial charge in [0, 0.05) is 0 Å². The molecule has 9 heavy (non-hydrogen) atoms. The van der Waals surface area contributed by atoms with Gasteiger partial charge in [-0.15, -0.1) is 0 Å². The average molecular weight is 147 g/mol. The van der Waals surface area contributed by atoms with Crippen LogP contribution in [0.15, 0.2) is 0 Å². The van der Waals surface area contributed by atoms with Crippen molar-refractivity contribution >= 4 is 12.6 Å². The third kappa shape index (κ3) is 2780. The van der Waals surface area contributed by atoms with E-state index in [0.717, 1.165) is 0 Å². The second-order valence-corrected chi connectivity index (χ2v) is 0.371. The zero-order chi connectivity index (χ0) is 6.28. The average Bonchev–Trinajstić information content (AvgIpc) is 1.33. The van der Waals surface area contributed by atoms with Gasteiger partial charge in [0.1, 0.15) is 0 Å². The van der Waals surface area contributed by atoms with Crippen molar-refractivity contribution in [1.82, 2.24) is 6.15 Å². The van der Waals surface area contributed by atoms with Gasteiger partial charge < -0.3 is 26.3 Å². The van der Waals surface area contributed by atoms with Crippen molar-refractivity contribution < 1.29 is 54.5 Å². The van der Waals surface area contributed by atoms with Gasteiger partial charge in [-0.05, 0) is 0 Å². The summed E-state index contributed by atoms with van der Waals surface area (Å²) in [6.07, 6.45) is -2.08. The SMILES string of the molecule is N.O=C([O-])O.O=CO.[Na+]. The van der Waals surface area contributed by atoms with Crippen LogP contribution < -0.4 is 40.8 Å². The molecule has 0 amide bonds. The van der Waals surface area contributed by atoms with E-state index in [9.17, 15) is 0 Å². The zero-order valence-electron chi connectivity index (χ0n) is 4.90. The Morgan fingerprint density at radius 2 is 1.56 bits per heavy atom. The second kappa shape index (κ2) is 25.2. The van der Waals surface area contributed by atoms with E-state index in [1.165, 1.54) is 0 Å². The fraction of sp³-hybridized carbons (Fsp3) is 0. The van der Waals surface area contributed by atoms with Gasteiger partial charge in [0.25, 0.3) is 6.47 Å². The molecule has 0 saturated carbocycles. The van der Waals surface area contributed by atoms with Gasteiger partial charge in [-0.1, -0.05) is 0 Å². The van der Waals surface area contributed by atoms with E-state index in [-0.39, 0.29) is 42.2 Å². The van der Waals surface area contributed by atoms with Crippen LogP contribution in [0.1, 0.15) is 0 Å². The van der Waals surface area contributed by atoms with Gasteiger partial charge in [0.05, 0.1) is 0 Å². The van der Waals surface area contributed by atoms with Gasteiger partial charge in [0.2, 0.25) is 6.16 Å². The molecular formula is C2H6NNaO5. The molecule has 50 valence electrons. The van der Waals surface area contributed by atoms with Crippen LogP contribution in [0.3, 0.4) is 0 Å². The van der Waals surface area contributed by atoms with E-state index < -0.39 is 6.16 Å². The van der Waals surface area contributed by atoms with Crippen LogP contribution in [0.25, 0.3) is 0 Å². The first-order valence-corrected chi connectivity index (χ1v) is 1.13. The number of carboxylic acid groups (broad SMARTS) is 3. The topological polar surface area (TPSA) is 133 Å². The molecule has 0 aliphatic carbocycles. The standard InChI is InChI=1S/CH2O3.CH2O2.H3N.Na/c2-1(3)4;2-1-3;;/h(H2,2,3,4);1H,(H,2,3);1H3;/q;;;+1/p-1. The summed E-state index contributed by atoms with van der Waals surface area (Å²) in [5.74, 6) is 0. The van der Waals surface area contributed by atoms with Crippen molar-refractivity contribution in [3.8, 4) is 0 Å². The maximum absolute atomic E-state index is 8.44. The maximum Gasteiger partial charge on any atom is 1.00 e. The number of hydrogen-bond donors (Lipinski definition) is 3. The van der Waals surface area contributed by atoms with Gasteiger partial charge in [-0.2, -0.15) is 0 Å². The smallest absolute Gasteiger partial charge is 0.565 e. The van der Waals surface area contributed by atoms with Crippen LogP contribution in [0.4, 0.5) is 4.79 Å². The molecule has 0 radical (unpaired) electrons. The third-order valence-electron chi connectivity index (χ3n) is 0. The molecule has 0 saturated heterocycles. The first kappa shape index (κ1) is 23.4. The molecule has 0 aromatic carbocycles. The van der Waals surface area contributed by atoms with Gasteiger partial charge >= 0.3 is 29.6 Å². The Morgan fingerprint density at radius 1 is 1.56 bits per heavy atom.